The maximum absolute atomic E-state index is 11.8. The minimum absolute atomic E-state index is 0.0789. The molecule has 1 aliphatic rings. The third kappa shape index (κ3) is 5.15. The maximum atomic E-state index is 11.8. The summed E-state index contributed by atoms with van der Waals surface area (Å²) < 4.78 is 4.88. The summed E-state index contributed by atoms with van der Waals surface area (Å²) in [6.07, 6.45) is 0.0350. The van der Waals surface area contributed by atoms with Crippen LogP contribution in [-0.2, 0) is 14.3 Å². The van der Waals surface area contributed by atoms with Gasteiger partial charge in [0, 0.05) is 38.6 Å². The third-order valence-electron chi connectivity index (χ3n) is 2.93. The van der Waals surface area contributed by atoms with E-state index in [-0.39, 0.29) is 24.8 Å². The molecule has 0 bridgehead atoms. The highest BCUT2D eigenvalue weighted by Gasteiger charge is 2.24. The largest absolute Gasteiger partial charge is 0.550 e. The molecule has 0 aromatic carbocycles. The van der Waals surface area contributed by atoms with Gasteiger partial charge in [-0.3, -0.25) is 4.79 Å². The number of carboxylic acid groups (broad SMARTS) is 1. The van der Waals surface area contributed by atoms with Crippen molar-refractivity contribution >= 4 is 18.0 Å². The second kappa shape index (κ2) is 7.60. The second-order valence-electron chi connectivity index (χ2n) is 4.29. The Balaban J connectivity index is 2.27. The van der Waals surface area contributed by atoms with Gasteiger partial charge < -0.3 is 24.4 Å². The number of ether oxygens (including phenoxy) is 1. The fourth-order valence-corrected chi connectivity index (χ4v) is 1.90. The van der Waals surface area contributed by atoms with E-state index in [0.717, 1.165) is 0 Å². The molecule has 0 unspecified atom stereocenters. The Bertz CT molecular complexity index is 337. The van der Waals surface area contributed by atoms with Gasteiger partial charge in [-0.2, -0.15) is 0 Å². The molecule has 7 nitrogen and oxygen atoms in total. The lowest BCUT2D eigenvalue weighted by molar-refractivity contribution is -0.305. The van der Waals surface area contributed by atoms with Gasteiger partial charge in [0.1, 0.15) is 0 Å². The van der Waals surface area contributed by atoms with E-state index in [1.165, 1.54) is 0 Å². The molecular weight excluding hydrogens is 252 g/mol. The van der Waals surface area contributed by atoms with E-state index in [2.05, 4.69) is 0 Å². The molecule has 0 saturated carbocycles. The topological polar surface area (TPSA) is 90.0 Å². The fraction of sp³-hybridized carbons (Fsp3) is 0.750. The molecule has 0 N–H and O–H groups in total. The first kappa shape index (κ1) is 15.3. The van der Waals surface area contributed by atoms with Crippen molar-refractivity contribution in [3.63, 3.8) is 0 Å². The summed E-state index contributed by atoms with van der Waals surface area (Å²) in [6, 6.07) is 0. The first-order valence-corrected chi connectivity index (χ1v) is 6.44. The Hall–Kier alpha value is -1.79. The van der Waals surface area contributed by atoms with Gasteiger partial charge in [0.25, 0.3) is 0 Å². The molecule has 7 heteroatoms. The van der Waals surface area contributed by atoms with Crippen LogP contribution in [0.3, 0.4) is 0 Å². The van der Waals surface area contributed by atoms with Crippen LogP contribution in [0.5, 0.6) is 0 Å². The van der Waals surface area contributed by atoms with E-state index in [1.807, 2.05) is 0 Å². The van der Waals surface area contributed by atoms with Crippen LogP contribution >= 0.6 is 0 Å². The van der Waals surface area contributed by atoms with E-state index in [4.69, 9.17) is 4.74 Å². The molecule has 0 atom stereocenters. The van der Waals surface area contributed by atoms with Gasteiger partial charge in [-0.1, -0.05) is 0 Å². The normalized spacial score (nSPS) is 15.2. The number of hydrogen-bond acceptors (Lipinski definition) is 5. The number of rotatable bonds is 5. The quantitative estimate of drug-likeness (QED) is 0.653. The molecule has 0 aliphatic carbocycles. The molecule has 1 heterocycles. The molecular formula is C12H19N2O5-. The highest BCUT2D eigenvalue weighted by Crippen LogP contribution is 2.07. The lowest BCUT2D eigenvalue weighted by Gasteiger charge is -2.34. The first-order valence-electron chi connectivity index (χ1n) is 6.44. The summed E-state index contributed by atoms with van der Waals surface area (Å²) in [5.74, 6) is -1.22. The van der Waals surface area contributed by atoms with Crippen LogP contribution in [0.1, 0.15) is 26.2 Å². The van der Waals surface area contributed by atoms with E-state index in [1.54, 1.807) is 16.7 Å². The average Bonchev–Trinajstić information content (AvgIpc) is 2.38. The van der Waals surface area contributed by atoms with Crippen molar-refractivity contribution < 1.29 is 24.2 Å². The highest BCUT2D eigenvalue weighted by molar-refractivity contribution is 5.77. The minimum Gasteiger partial charge on any atom is -0.550 e. The van der Waals surface area contributed by atoms with Crippen LogP contribution in [0, 0.1) is 0 Å². The highest BCUT2D eigenvalue weighted by atomic mass is 16.6. The van der Waals surface area contributed by atoms with Crippen LogP contribution in [-0.4, -0.2) is 60.6 Å². The standard InChI is InChI=1S/C12H20N2O5/c1-2-19-12(18)14-8-6-13(7-9-14)10(15)4-3-5-11(16)17/h2-9H2,1H3,(H,16,17)/p-1. The molecule has 2 amide bonds. The summed E-state index contributed by atoms with van der Waals surface area (Å²) in [5, 5.41) is 10.2. The zero-order valence-electron chi connectivity index (χ0n) is 11.1. The van der Waals surface area contributed by atoms with Gasteiger partial charge in [-0.05, 0) is 19.8 Å². The number of piperazine rings is 1. The smallest absolute Gasteiger partial charge is 0.409 e. The minimum atomic E-state index is -1.14. The van der Waals surface area contributed by atoms with E-state index < -0.39 is 5.97 Å². The van der Waals surface area contributed by atoms with E-state index in [9.17, 15) is 19.5 Å². The number of carbonyl (C=O) groups is 3. The molecule has 0 aromatic rings. The Morgan fingerprint density at radius 3 is 2.16 bits per heavy atom. The molecule has 1 aliphatic heterocycles. The SMILES string of the molecule is CCOC(=O)N1CCN(C(=O)CCCC(=O)[O-])CC1. The van der Waals surface area contributed by atoms with Crippen LogP contribution in [0.2, 0.25) is 0 Å². The number of carbonyl (C=O) groups excluding carboxylic acids is 3. The van der Waals surface area contributed by atoms with Crippen molar-refractivity contribution in [2.24, 2.45) is 0 Å². The third-order valence-corrected chi connectivity index (χ3v) is 2.93. The Labute approximate surface area is 112 Å². The van der Waals surface area contributed by atoms with Crippen LogP contribution in [0.15, 0.2) is 0 Å². The zero-order valence-corrected chi connectivity index (χ0v) is 11.1. The molecule has 19 heavy (non-hydrogen) atoms. The van der Waals surface area contributed by atoms with Gasteiger partial charge in [0.2, 0.25) is 5.91 Å². The zero-order chi connectivity index (χ0) is 14.3. The summed E-state index contributed by atoms with van der Waals surface area (Å²) in [7, 11) is 0. The Morgan fingerprint density at radius 1 is 1.05 bits per heavy atom. The predicted molar refractivity (Wildman–Crippen MR) is 64.0 cm³/mol. The number of aliphatic carboxylic acids is 1. The van der Waals surface area contributed by atoms with Crippen molar-refractivity contribution in [3.8, 4) is 0 Å². The van der Waals surface area contributed by atoms with Gasteiger partial charge in [-0.25, -0.2) is 4.79 Å². The lowest BCUT2D eigenvalue weighted by Crippen LogP contribution is -2.50. The molecule has 0 radical (unpaired) electrons. The van der Waals surface area contributed by atoms with Crippen molar-refractivity contribution in [2.45, 2.75) is 26.2 Å². The van der Waals surface area contributed by atoms with E-state index >= 15 is 0 Å². The average molecular weight is 271 g/mol. The predicted octanol–water partition coefficient (Wildman–Crippen LogP) is -0.793. The summed E-state index contributed by atoms with van der Waals surface area (Å²) in [5.41, 5.74) is 0. The Morgan fingerprint density at radius 2 is 1.63 bits per heavy atom. The van der Waals surface area contributed by atoms with Crippen LogP contribution in [0.25, 0.3) is 0 Å². The summed E-state index contributed by atoms with van der Waals surface area (Å²) >= 11 is 0. The number of carboxylic acids is 1. The number of hydrogen-bond donors (Lipinski definition) is 0. The molecule has 0 aromatic heterocycles. The number of nitrogens with zero attached hydrogens (tertiary/aromatic N) is 2. The lowest BCUT2D eigenvalue weighted by atomic mass is 10.2. The van der Waals surface area contributed by atoms with Gasteiger partial charge in [0.05, 0.1) is 6.61 Å². The van der Waals surface area contributed by atoms with Crippen LogP contribution < -0.4 is 5.11 Å². The van der Waals surface area contributed by atoms with Crippen molar-refractivity contribution in [1.29, 1.82) is 0 Å². The van der Waals surface area contributed by atoms with Gasteiger partial charge >= 0.3 is 6.09 Å². The van der Waals surface area contributed by atoms with Gasteiger partial charge in [0.15, 0.2) is 0 Å². The molecule has 1 rings (SSSR count). The van der Waals surface area contributed by atoms with Gasteiger partial charge in [-0.15, -0.1) is 0 Å². The molecule has 1 saturated heterocycles. The summed E-state index contributed by atoms with van der Waals surface area (Å²) in [6.45, 7) is 3.90. The molecule has 0 spiro atoms. The van der Waals surface area contributed by atoms with Crippen molar-refractivity contribution in [1.82, 2.24) is 9.80 Å². The molecule has 108 valence electrons. The maximum Gasteiger partial charge on any atom is 0.409 e. The fourth-order valence-electron chi connectivity index (χ4n) is 1.90. The Kier molecular flexibility index (Phi) is 6.11. The van der Waals surface area contributed by atoms with Crippen LogP contribution in [0.4, 0.5) is 4.79 Å². The number of amides is 2. The second-order valence-corrected chi connectivity index (χ2v) is 4.29. The van der Waals surface area contributed by atoms with Crippen molar-refractivity contribution in [3.05, 3.63) is 0 Å². The summed E-state index contributed by atoms with van der Waals surface area (Å²) in [4.78, 5) is 36.7. The van der Waals surface area contributed by atoms with E-state index in [0.29, 0.717) is 39.2 Å². The first-order chi connectivity index (χ1) is 9.04. The van der Waals surface area contributed by atoms with Crippen molar-refractivity contribution in [2.75, 3.05) is 32.8 Å². The monoisotopic (exact) mass is 271 g/mol. The molecule has 1 fully saturated rings.